The lowest BCUT2D eigenvalue weighted by Gasteiger charge is -2.43. The molecule has 0 aromatic carbocycles. The number of aliphatic hydroxyl groups is 4. The number of esters is 1. The summed E-state index contributed by atoms with van der Waals surface area (Å²) in [5, 5.41) is 42.4. The van der Waals surface area contributed by atoms with Gasteiger partial charge in [0.05, 0.1) is 19.4 Å². The van der Waals surface area contributed by atoms with Crippen LogP contribution in [0.2, 0.25) is 0 Å². The molecule has 2 unspecified atom stereocenters. The molecule has 1 saturated heterocycles. The van der Waals surface area contributed by atoms with E-state index in [1.165, 1.54) is 12.6 Å². The van der Waals surface area contributed by atoms with Crippen LogP contribution in [0, 0.1) is 5.92 Å². The SMILES string of the molecule is O=C(OCCC1CCC1)C(=O)c1cnc(N[C@H]2OC[C@@](O)(CCO)C(O)C2O)s1. The lowest BCUT2D eigenvalue weighted by atomic mass is 9.83. The summed E-state index contributed by atoms with van der Waals surface area (Å²) in [5.41, 5.74) is -1.76. The molecule has 2 aliphatic rings. The van der Waals surface area contributed by atoms with Gasteiger partial charge >= 0.3 is 5.97 Å². The topological polar surface area (TPSA) is 158 Å². The lowest BCUT2D eigenvalue weighted by molar-refractivity contribution is -0.232. The van der Waals surface area contributed by atoms with Crippen molar-refractivity contribution in [2.75, 3.05) is 25.1 Å². The standard InChI is InChI=1S/C18H26N2O8S/c21-6-5-18(26)9-28-15(13(23)14(18)24)20-17-19-8-11(29-17)12(22)16(25)27-7-4-10-2-1-3-10/h8,10,13-15,21,23-24,26H,1-7,9H2,(H,19,20)/t13?,14?,15-,18-/m0/s1. The second-order valence-electron chi connectivity index (χ2n) is 7.47. The van der Waals surface area contributed by atoms with Crippen molar-refractivity contribution in [1.82, 2.24) is 4.98 Å². The third kappa shape index (κ3) is 5.11. The molecule has 1 aromatic rings. The van der Waals surface area contributed by atoms with Gasteiger partial charge < -0.3 is 35.2 Å². The first-order valence-electron chi connectivity index (χ1n) is 9.59. The number of hydrogen-bond donors (Lipinski definition) is 5. The number of carbonyl (C=O) groups excluding carboxylic acids is 2. The molecule has 1 aliphatic carbocycles. The van der Waals surface area contributed by atoms with Gasteiger partial charge in [-0.3, -0.25) is 4.79 Å². The van der Waals surface area contributed by atoms with Crippen LogP contribution in [0.1, 0.15) is 41.8 Å². The van der Waals surface area contributed by atoms with Gasteiger partial charge in [-0.1, -0.05) is 30.6 Å². The molecule has 0 bridgehead atoms. The minimum atomic E-state index is -1.76. The molecule has 0 spiro atoms. The number of rotatable bonds is 9. The fourth-order valence-electron chi connectivity index (χ4n) is 3.28. The van der Waals surface area contributed by atoms with Gasteiger partial charge in [-0.05, 0) is 12.3 Å². The van der Waals surface area contributed by atoms with Crippen molar-refractivity contribution in [2.45, 2.75) is 56.1 Å². The number of Topliss-reactive ketones (excluding diaryl/α,β-unsaturated/α-hetero) is 1. The van der Waals surface area contributed by atoms with E-state index in [0.29, 0.717) is 5.92 Å². The van der Waals surface area contributed by atoms with Gasteiger partial charge in [0.1, 0.15) is 22.7 Å². The van der Waals surface area contributed by atoms with E-state index in [2.05, 4.69) is 10.3 Å². The highest BCUT2D eigenvalue weighted by atomic mass is 32.1. The number of ether oxygens (including phenoxy) is 2. The van der Waals surface area contributed by atoms with Crippen LogP contribution in [0.5, 0.6) is 0 Å². The molecule has 2 fully saturated rings. The van der Waals surface area contributed by atoms with Crippen molar-refractivity contribution >= 4 is 28.2 Å². The van der Waals surface area contributed by atoms with Gasteiger partial charge in [-0.15, -0.1) is 0 Å². The first-order chi connectivity index (χ1) is 13.8. The summed E-state index contributed by atoms with van der Waals surface area (Å²) in [6.45, 7) is -0.472. The Hall–Kier alpha value is -1.63. The zero-order chi connectivity index (χ0) is 21.0. The molecule has 29 heavy (non-hydrogen) atoms. The normalized spacial score (nSPS) is 29.9. The third-order valence-electron chi connectivity index (χ3n) is 5.41. The number of ketones is 1. The maximum absolute atomic E-state index is 12.2. The Bertz CT molecular complexity index is 724. The number of anilines is 1. The van der Waals surface area contributed by atoms with Crippen molar-refractivity contribution in [2.24, 2.45) is 5.92 Å². The number of nitrogens with one attached hydrogen (secondary N) is 1. The number of carbonyl (C=O) groups is 2. The second-order valence-corrected chi connectivity index (χ2v) is 8.50. The smallest absolute Gasteiger partial charge is 0.380 e. The maximum atomic E-state index is 12.2. The molecule has 10 nitrogen and oxygen atoms in total. The molecule has 2 heterocycles. The van der Waals surface area contributed by atoms with E-state index in [1.54, 1.807) is 0 Å². The average Bonchev–Trinajstić information content (AvgIpc) is 3.12. The van der Waals surface area contributed by atoms with Gasteiger partial charge in [-0.25, -0.2) is 9.78 Å². The van der Waals surface area contributed by atoms with Crippen LogP contribution >= 0.6 is 11.3 Å². The molecule has 4 atom stereocenters. The van der Waals surface area contributed by atoms with Gasteiger partial charge in [0.15, 0.2) is 11.4 Å². The number of aromatic nitrogens is 1. The number of nitrogens with zero attached hydrogens (tertiary/aromatic N) is 1. The summed E-state index contributed by atoms with van der Waals surface area (Å²) in [6, 6.07) is 0. The predicted octanol–water partition coefficient (Wildman–Crippen LogP) is -0.337. The molecule has 5 N–H and O–H groups in total. The highest BCUT2D eigenvalue weighted by Gasteiger charge is 2.48. The van der Waals surface area contributed by atoms with Crippen LogP contribution in [-0.4, -0.2) is 81.0 Å². The van der Waals surface area contributed by atoms with Crippen LogP contribution in [0.4, 0.5) is 5.13 Å². The summed E-state index contributed by atoms with van der Waals surface area (Å²) in [4.78, 5) is 28.1. The quantitative estimate of drug-likeness (QED) is 0.199. The number of thiazole rings is 1. The van der Waals surface area contributed by atoms with Gasteiger partial charge in [-0.2, -0.15) is 0 Å². The Balaban J connectivity index is 1.51. The molecule has 0 radical (unpaired) electrons. The fraction of sp³-hybridized carbons (Fsp3) is 0.722. The monoisotopic (exact) mass is 430 g/mol. The molecule has 0 amide bonds. The minimum Gasteiger partial charge on any atom is -0.460 e. The van der Waals surface area contributed by atoms with E-state index in [4.69, 9.17) is 14.6 Å². The molecule has 3 rings (SSSR count). The number of aliphatic hydroxyl groups excluding tert-OH is 3. The van der Waals surface area contributed by atoms with Crippen molar-refractivity contribution in [3.05, 3.63) is 11.1 Å². The van der Waals surface area contributed by atoms with E-state index >= 15 is 0 Å². The van der Waals surface area contributed by atoms with E-state index in [0.717, 1.165) is 30.6 Å². The fourth-order valence-corrected chi connectivity index (χ4v) is 4.05. The molecule has 1 saturated carbocycles. The average molecular weight is 430 g/mol. The Morgan fingerprint density at radius 2 is 2.14 bits per heavy atom. The molecule has 1 aromatic heterocycles. The summed E-state index contributed by atoms with van der Waals surface area (Å²) in [6.07, 6.45) is 1.15. The van der Waals surface area contributed by atoms with E-state index in [-0.39, 0.29) is 36.3 Å². The van der Waals surface area contributed by atoms with Crippen molar-refractivity contribution in [3.8, 4) is 0 Å². The second kappa shape index (κ2) is 9.45. The molecular weight excluding hydrogens is 404 g/mol. The first-order valence-corrected chi connectivity index (χ1v) is 10.4. The Morgan fingerprint density at radius 3 is 2.79 bits per heavy atom. The predicted molar refractivity (Wildman–Crippen MR) is 101 cm³/mol. The summed E-state index contributed by atoms with van der Waals surface area (Å²) < 4.78 is 10.4. The van der Waals surface area contributed by atoms with E-state index < -0.39 is 35.8 Å². The van der Waals surface area contributed by atoms with Gasteiger partial charge in [0.25, 0.3) is 5.78 Å². The zero-order valence-corrected chi connectivity index (χ0v) is 16.6. The summed E-state index contributed by atoms with van der Waals surface area (Å²) >= 11 is 0.884. The Kier molecular flexibility index (Phi) is 7.19. The Morgan fingerprint density at radius 1 is 1.38 bits per heavy atom. The summed E-state index contributed by atoms with van der Waals surface area (Å²) in [7, 11) is 0. The number of hydrogen-bond acceptors (Lipinski definition) is 11. The minimum absolute atomic E-state index is 0.0729. The lowest BCUT2D eigenvalue weighted by Crippen LogP contribution is -2.63. The van der Waals surface area contributed by atoms with E-state index in [1.807, 2.05) is 0 Å². The third-order valence-corrected chi connectivity index (χ3v) is 6.33. The zero-order valence-electron chi connectivity index (χ0n) is 15.8. The highest BCUT2D eigenvalue weighted by molar-refractivity contribution is 7.18. The van der Waals surface area contributed by atoms with E-state index in [9.17, 15) is 24.9 Å². The molecule has 1 aliphatic heterocycles. The van der Waals surface area contributed by atoms with Crippen LogP contribution in [0.3, 0.4) is 0 Å². The highest BCUT2D eigenvalue weighted by Crippen LogP contribution is 2.30. The van der Waals surface area contributed by atoms with Crippen molar-refractivity contribution in [3.63, 3.8) is 0 Å². The van der Waals surface area contributed by atoms with Crippen molar-refractivity contribution < 1.29 is 39.5 Å². The Labute approximate surface area is 171 Å². The van der Waals surface area contributed by atoms with Crippen molar-refractivity contribution in [1.29, 1.82) is 0 Å². The largest absolute Gasteiger partial charge is 0.460 e. The first kappa shape index (κ1) is 22.1. The molecule has 162 valence electrons. The van der Waals surface area contributed by atoms with Gasteiger partial charge in [0.2, 0.25) is 0 Å². The molecule has 11 heteroatoms. The maximum Gasteiger partial charge on any atom is 0.380 e. The van der Waals surface area contributed by atoms with Crippen LogP contribution < -0.4 is 5.32 Å². The van der Waals surface area contributed by atoms with Crippen LogP contribution in [0.15, 0.2) is 6.20 Å². The van der Waals surface area contributed by atoms with Gasteiger partial charge in [0, 0.05) is 13.0 Å². The summed E-state index contributed by atoms with van der Waals surface area (Å²) in [5.74, 6) is -1.16. The molecular formula is C18H26N2O8S. The van der Waals surface area contributed by atoms with Crippen LogP contribution in [0.25, 0.3) is 0 Å². The van der Waals surface area contributed by atoms with Crippen LogP contribution in [-0.2, 0) is 14.3 Å².